The number of methoxy groups -OCH3 is 2. The molecule has 1 heterocycles. The minimum Gasteiger partial charge on any atom is -0.493 e. The fraction of sp³-hybridized carbons (Fsp3) is 0.250. The number of hydrogen-bond donors (Lipinski definition) is 0. The number of halogens is 1. The number of aryl methyl sites for hydroxylation is 1. The number of aromatic nitrogens is 2. The SMILES string of the molecule is CCn1cc(C(=O)C=Cc2cc(Cl)c(OC)c(OC)c2)cn1. The van der Waals surface area contributed by atoms with Gasteiger partial charge < -0.3 is 9.47 Å². The van der Waals surface area contributed by atoms with Crippen molar-refractivity contribution in [1.29, 1.82) is 0 Å². The molecule has 2 rings (SSSR count). The van der Waals surface area contributed by atoms with Crippen molar-refractivity contribution < 1.29 is 14.3 Å². The van der Waals surface area contributed by atoms with Crippen molar-refractivity contribution in [3.63, 3.8) is 0 Å². The number of benzene rings is 1. The first-order valence-electron chi connectivity index (χ1n) is 6.75. The summed E-state index contributed by atoms with van der Waals surface area (Å²) in [6.45, 7) is 2.69. The molecule has 0 aliphatic rings. The van der Waals surface area contributed by atoms with Gasteiger partial charge in [-0.2, -0.15) is 5.10 Å². The maximum Gasteiger partial charge on any atom is 0.189 e. The van der Waals surface area contributed by atoms with E-state index in [0.29, 0.717) is 22.1 Å². The number of hydrogen-bond acceptors (Lipinski definition) is 4. The number of allylic oxidation sites excluding steroid dienone is 1. The van der Waals surface area contributed by atoms with E-state index in [-0.39, 0.29) is 5.78 Å². The molecule has 5 nitrogen and oxygen atoms in total. The van der Waals surface area contributed by atoms with Crippen molar-refractivity contribution in [1.82, 2.24) is 9.78 Å². The van der Waals surface area contributed by atoms with Crippen LogP contribution in [0.15, 0.2) is 30.6 Å². The second kappa shape index (κ2) is 7.13. The van der Waals surface area contributed by atoms with Gasteiger partial charge in [-0.15, -0.1) is 0 Å². The van der Waals surface area contributed by atoms with E-state index in [9.17, 15) is 4.79 Å². The molecule has 0 radical (unpaired) electrons. The second-order valence-electron chi connectivity index (χ2n) is 4.52. The lowest BCUT2D eigenvalue weighted by Gasteiger charge is -2.10. The van der Waals surface area contributed by atoms with Gasteiger partial charge in [0.1, 0.15) is 0 Å². The molecule has 0 saturated heterocycles. The molecule has 1 aromatic heterocycles. The maximum atomic E-state index is 12.1. The largest absolute Gasteiger partial charge is 0.493 e. The fourth-order valence-electron chi connectivity index (χ4n) is 1.97. The predicted molar refractivity (Wildman–Crippen MR) is 85.8 cm³/mol. The van der Waals surface area contributed by atoms with E-state index in [1.165, 1.54) is 20.3 Å². The Bertz CT molecular complexity index is 707. The summed E-state index contributed by atoms with van der Waals surface area (Å²) in [6, 6.07) is 3.46. The molecule has 2 aromatic rings. The number of carbonyl (C=O) groups excluding carboxylic acids is 1. The number of carbonyl (C=O) groups is 1. The van der Waals surface area contributed by atoms with E-state index < -0.39 is 0 Å². The topological polar surface area (TPSA) is 53.4 Å². The quantitative estimate of drug-likeness (QED) is 0.604. The zero-order chi connectivity index (χ0) is 16.1. The van der Waals surface area contributed by atoms with E-state index >= 15 is 0 Å². The Balaban J connectivity index is 2.22. The van der Waals surface area contributed by atoms with Crippen molar-refractivity contribution in [3.05, 3.63) is 46.8 Å². The average molecular weight is 321 g/mol. The summed E-state index contributed by atoms with van der Waals surface area (Å²) in [7, 11) is 3.06. The first-order chi connectivity index (χ1) is 10.6. The molecule has 116 valence electrons. The molecule has 0 N–H and O–H groups in total. The molecule has 0 aliphatic carbocycles. The van der Waals surface area contributed by atoms with Crippen LogP contribution in [0.4, 0.5) is 0 Å². The smallest absolute Gasteiger partial charge is 0.189 e. The zero-order valence-corrected chi connectivity index (χ0v) is 13.4. The lowest BCUT2D eigenvalue weighted by Crippen LogP contribution is -1.95. The molecule has 6 heteroatoms. The van der Waals surface area contributed by atoms with Crippen LogP contribution in [0.5, 0.6) is 11.5 Å². The number of ether oxygens (including phenoxy) is 2. The van der Waals surface area contributed by atoms with Gasteiger partial charge in [-0.25, -0.2) is 0 Å². The molecule has 0 atom stereocenters. The number of nitrogens with zero attached hydrogens (tertiary/aromatic N) is 2. The van der Waals surface area contributed by atoms with Crippen LogP contribution in [-0.2, 0) is 6.54 Å². The molecule has 0 unspecified atom stereocenters. The Kier molecular flexibility index (Phi) is 5.22. The van der Waals surface area contributed by atoms with E-state index in [1.807, 2.05) is 6.92 Å². The Morgan fingerprint density at radius 1 is 1.36 bits per heavy atom. The molecule has 22 heavy (non-hydrogen) atoms. The van der Waals surface area contributed by atoms with Gasteiger partial charge in [0, 0.05) is 12.7 Å². The summed E-state index contributed by atoms with van der Waals surface area (Å²) in [4.78, 5) is 12.1. The molecular formula is C16H17ClN2O3. The summed E-state index contributed by atoms with van der Waals surface area (Å²) in [6.07, 6.45) is 6.43. The van der Waals surface area contributed by atoms with Gasteiger partial charge in [-0.1, -0.05) is 17.7 Å². The Morgan fingerprint density at radius 2 is 2.14 bits per heavy atom. The van der Waals surface area contributed by atoms with Crippen molar-refractivity contribution >= 4 is 23.5 Å². The van der Waals surface area contributed by atoms with E-state index in [2.05, 4.69) is 5.10 Å². The summed E-state index contributed by atoms with van der Waals surface area (Å²) in [5.74, 6) is 0.864. The predicted octanol–water partition coefficient (Wildman–Crippen LogP) is 3.47. The summed E-state index contributed by atoms with van der Waals surface area (Å²) >= 11 is 6.13. The third-order valence-electron chi connectivity index (χ3n) is 3.12. The van der Waals surface area contributed by atoms with Crippen molar-refractivity contribution in [3.8, 4) is 11.5 Å². The van der Waals surface area contributed by atoms with E-state index in [4.69, 9.17) is 21.1 Å². The standard InChI is InChI=1S/C16H17ClN2O3/c1-4-19-10-12(9-18-19)14(20)6-5-11-7-13(17)16(22-3)15(8-11)21-2/h5-10H,4H2,1-3H3. The fourth-order valence-corrected chi connectivity index (χ4v) is 2.26. The molecular weight excluding hydrogens is 304 g/mol. The molecule has 0 aliphatic heterocycles. The minimum absolute atomic E-state index is 0.120. The summed E-state index contributed by atoms with van der Waals surface area (Å²) < 4.78 is 12.1. The van der Waals surface area contributed by atoms with Crippen LogP contribution >= 0.6 is 11.6 Å². The van der Waals surface area contributed by atoms with Gasteiger partial charge >= 0.3 is 0 Å². The highest BCUT2D eigenvalue weighted by molar-refractivity contribution is 6.32. The lowest BCUT2D eigenvalue weighted by atomic mass is 10.1. The van der Waals surface area contributed by atoms with Crippen LogP contribution in [0.25, 0.3) is 6.08 Å². The highest BCUT2D eigenvalue weighted by Gasteiger charge is 2.10. The van der Waals surface area contributed by atoms with Crippen LogP contribution in [0.2, 0.25) is 5.02 Å². The molecule has 0 fully saturated rings. The lowest BCUT2D eigenvalue weighted by molar-refractivity contribution is 0.104. The monoisotopic (exact) mass is 320 g/mol. The molecule has 0 spiro atoms. The second-order valence-corrected chi connectivity index (χ2v) is 4.93. The highest BCUT2D eigenvalue weighted by atomic mass is 35.5. The summed E-state index contributed by atoms with van der Waals surface area (Å²) in [5.41, 5.74) is 1.29. The first-order valence-corrected chi connectivity index (χ1v) is 7.13. The normalized spacial score (nSPS) is 10.9. The number of ketones is 1. The van der Waals surface area contributed by atoms with Crippen LogP contribution in [0.1, 0.15) is 22.8 Å². The van der Waals surface area contributed by atoms with Crippen LogP contribution in [-0.4, -0.2) is 29.8 Å². The van der Waals surface area contributed by atoms with Gasteiger partial charge in [-0.3, -0.25) is 9.48 Å². The molecule has 1 aromatic carbocycles. The summed E-state index contributed by atoms with van der Waals surface area (Å²) in [5, 5.41) is 4.50. The zero-order valence-electron chi connectivity index (χ0n) is 12.7. The van der Waals surface area contributed by atoms with Crippen LogP contribution in [0, 0.1) is 0 Å². The first kappa shape index (κ1) is 16.1. The van der Waals surface area contributed by atoms with Crippen molar-refractivity contribution in [2.75, 3.05) is 14.2 Å². The maximum absolute atomic E-state index is 12.1. The van der Waals surface area contributed by atoms with Crippen LogP contribution < -0.4 is 9.47 Å². The highest BCUT2D eigenvalue weighted by Crippen LogP contribution is 2.36. The van der Waals surface area contributed by atoms with Crippen molar-refractivity contribution in [2.24, 2.45) is 0 Å². The third-order valence-corrected chi connectivity index (χ3v) is 3.41. The van der Waals surface area contributed by atoms with E-state index in [1.54, 1.807) is 35.3 Å². The Labute approximate surface area is 134 Å². The van der Waals surface area contributed by atoms with E-state index in [0.717, 1.165) is 12.1 Å². The molecule has 0 amide bonds. The van der Waals surface area contributed by atoms with Gasteiger partial charge in [0.15, 0.2) is 17.3 Å². The molecule has 0 saturated carbocycles. The molecule has 0 bridgehead atoms. The average Bonchev–Trinajstić information content (AvgIpc) is 3.01. The van der Waals surface area contributed by atoms with Gasteiger partial charge in [-0.05, 0) is 30.7 Å². The minimum atomic E-state index is -0.120. The van der Waals surface area contributed by atoms with Crippen molar-refractivity contribution in [2.45, 2.75) is 13.5 Å². The third kappa shape index (κ3) is 3.49. The number of rotatable bonds is 6. The van der Waals surface area contributed by atoms with Crippen LogP contribution in [0.3, 0.4) is 0 Å². The van der Waals surface area contributed by atoms with Gasteiger partial charge in [0.05, 0.1) is 31.0 Å². The van der Waals surface area contributed by atoms with Gasteiger partial charge in [0.25, 0.3) is 0 Å². The van der Waals surface area contributed by atoms with Gasteiger partial charge in [0.2, 0.25) is 0 Å². The Morgan fingerprint density at radius 3 is 2.73 bits per heavy atom. The Hall–Kier alpha value is -2.27.